The Bertz CT molecular complexity index is 870. The second-order valence-corrected chi connectivity index (χ2v) is 9.06. The van der Waals surface area contributed by atoms with E-state index in [1.165, 1.54) is 38.5 Å². The lowest BCUT2D eigenvalue weighted by atomic mass is 10.1. The number of carbonyl (C=O) groups excluding carboxylic acids is 1. The molecule has 3 fully saturated rings. The van der Waals surface area contributed by atoms with Gasteiger partial charge in [0.2, 0.25) is 0 Å². The van der Waals surface area contributed by atoms with Gasteiger partial charge in [-0.25, -0.2) is 9.67 Å². The van der Waals surface area contributed by atoms with Crippen molar-refractivity contribution in [1.29, 1.82) is 0 Å². The minimum Gasteiger partial charge on any atom is -0.336 e. The molecule has 1 aliphatic heterocycles. The summed E-state index contributed by atoms with van der Waals surface area (Å²) in [5, 5.41) is 5.45. The van der Waals surface area contributed by atoms with Crippen LogP contribution < -0.4 is 0 Å². The number of rotatable bonds is 4. The Balaban J connectivity index is 1.41. The lowest BCUT2D eigenvalue weighted by molar-refractivity contribution is 0.0575. The van der Waals surface area contributed by atoms with Crippen LogP contribution >= 0.6 is 0 Å². The zero-order chi connectivity index (χ0) is 19.3. The number of nitrogens with zero attached hydrogens (tertiary/aromatic N) is 5. The van der Waals surface area contributed by atoms with E-state index in [2.05, 4.69) is 29.9 Å². The number of pyridine rings is 1. The smallest absolute Gasteiger partial charge is 0.254 e. The molecule has 1 amide bonds. The van der Waals surface area contributed by atoms with E-state index in [9.17, 15) is 4.79 Å². The maximum atomic E-state index is 13.5. The number of fused-ring (bicyclic) bond motifs is 1. The first-order valence-electron chi connectivity index (χ1n) is 11.0. The summed E-state index contributed by atoms with van der Waals surface area (Å²) in [6.07, 6.45) is 9.59. The molecular formula is C22H31N5O. The van der Waals surface area contributed by atoms with Crippen LogP contribution in [-0.4, -0.2) is 62.7 Å². The van der Waals surface area contributed by atoms with Gasteiger partial charge in [0.15, 0.2) is 5.65 Å². The van der Waals surface area contributed by atoms with Gasteiger partial charge < -0.3 is 4.90 Å². The summed E-state index contributed by atoms with van der Waals surface area (Å²) in [6, 6.07) is 3.03. The van der Waals surface area contributed by atoms with Crippen LogP contribution in [0.4, 0.5) is 0 Å². The Morgan fingerprint density at radius 2 is 1.79 bits per heavy atom. The third kappa shape index (κ3) is 3.21. The summed E-state index contributed by atoms with van der Waals surface area (Å²) in [5.74, 6) is 0.675. The zero-order valence-corrected chi connectivity index (χ0v) is 17.1. The fourth-order valence-corrected chi connectivity index (χ4v) is 4.91. The van der Waals surface area contributed by atoms with Crippen molar-refractivity contribution < 1.29 is 4.79 Å². The third-order valence-corrected chi connectivity index (χ3v) is 6.74. The maximum absolute atomic E-state index is 13.5. The van der Waals surface area contributed by atoms with Crippen LogP contribution in [0, 0.1) is 0 Å². The summed E-state index contributed by atoms with van der Waals surface area (Å²) in [4.78, 5) is 23.0. The van der Waals surface area contributed by atoms with Gasteiger partial charge >= 0.3 is 0 Å². The third-order valence-electron chi connectivity index (χ3n) is 6.74. The van der Waals surface area contributed by atoms with Crippen molar-refractivity contribution in [3.8, 4) is 0 Å². The highest BCUT2D eigenvalue weighted by atomic mass is 16.2. The molecule has 2 aromatic heterocycles. The molecule has 1 saturated heterocycles. The van der Waals surface area contributed by atoms with Crippen LogP contribution in [0.3, 0.4) is 0 Å². The first-order valence-corrected chi connectivity index (χ1v) is 11.0. The van der Waals surface area contributed by atoms with E-state index in [-0.39, 0.29) is 11.9 Å². The number of carbonyl (C=O) groups is 1. The molecule has 3 heterocycles. The molecule has 150 valence electrons. The van der Waals surface area contributed by atoms with E-state index < -0.39 is 0 Å². The standard InChI is InChI=1S/C22H31N5O/c1-15(2)27-21-19(14-23-27)18(13-20(24-21)16-7-8-16)22(28)26-11-9-25(10-12-26)17-5-3-4-6-17/h13-17H,3-12H2,1-2H3. The maximum Gasteiger partial charge on any atom is 0.254 e. The van der Waals surface area contributed by atoms with Crippen molar-refractivity contribution >= 4 is 16.9 Å². The SMILES string of the molecule is CC(C)n1ncc2c(C(=O)N3CCN(C4CCCC4)CC3)cc(C3CC3)nc21. The van der Waals surface area contributed by atoms with Crippen LogP contribution in [-0.2, 0) is 0 Å². The van der Waals surface area contributed by atoms with Gasteiger partial charge in [0.05, 0.1) is 17.1 Å². The molecule has 6 heteroatoms. The molecule has 28 heavy (non-hydrogen) atoms. The lowest BCUT2D eigenvalue weighted by Crippen LogP contribution is -2.51. The Labute approximate surface area is 166 Å². The van der Waals surface area contributed by atoms with E-state index in [0.717, 1.165) is 54.5 Å². The lowest BCUT2D eigenvalue weighted by Gasteiger charge is -2.38. The van der Waals surface area contributed by atoms with E-state index >= 15 is 0 Å². The van der Waals surface area contributed by atoms with Gasteiger partial charge in [-0.05, 0) is 45.6 Å². The van der Waals surface area contributed by atoms with Gasteiger partial charge in [-0.1, -0.05) is 12.8 Å². The molecule has 0 aromatic carbocycles. The Morgan fingerprint density at radius 1 is 1.07 bits per heavy atom. The number of aromatic nitrogens is 3. The molecule has 2 aromatic rings. The minimum absolute atomic E-state index is 0.156. The van der Waals surface area contributed by atoms with Crippen LogP contribution in [0.5, 0.6) is 0 Å². The van der Waals surface area contributed by atoms with E-state index in [1.54, 1.807) is 0 Å². The fraction of sp³-hybridized carbons (Fsp3) is 0.682. The first kappa shape index (κ1) is 18.1. The summed E-state index contributed by atoms with van der Waals surface area (Å²) in [7, 11) is 0. The Morgan fingerprint density at radius 3 is 2.43 bits per heavy atom. The highest BCUT2D eigenvalue weighted by Gasteiger charge is 2.31. The van der Waals surface area contributed by atoms with Gasteiger partial charge in [0.25, 0.3) is 5.91 Å². The van der Waals surface area contributed by atoms with E-state index in [1.807, 2.05) is 15.8 Å². The molecule has 2 saturated carbocycles. The summed E-state index contributed by atoms with van der Waals surface area (Å²) in [6.45, 7) is 7.90. The van der Waals surface area contributed by atoms with Crippen LogP contribution in [0.15, 0.2) is 12.3 Å². The largest absolute Gasteiger partial charge is 0.336 e. The van der Waals surface area contributed by atoms with Crippen LogP contribution in [0.25, 0.3) is 11.0 Å². The van der Waals surface area contributed by atoms with Crippen LogP contribution in [0.1, 0.15) is 80.4 Å². The van der Waals surface area contributed by atoms with Gasteiger partial charge in [0.1, 0.15) is 0 Å². The van der Waals surface area contributed by atoms with Gasteiger partial charge in [-0.15, -0.1) is 0 Å². The van der Waals surface area contributed by atoms with Gasteiger partial charge in [-0.3, -0.25) is 9.69 Å². The fourth-order valence-electron chi connectivity index (χ4n) is 4.91. The molecule has 3 aliphatic rings. The Kier molecular flexibility index (Phi) is 4.62. The molecule has 2 aliphatic carbocycles. The van der Waals surface area contributed by atoms with Crippen molar-refractivity contribution in [3.63, 3.8) is 0 Å². The highest BCUT2D eigenvalue weighted by Crippen LogP contribution is 2.40. The Hall–Kier alpha value is -1.95. The molecule has 0 atom stereocenters. The van der Waals surface area contributed by atoms with Crippen molar-refractivity contribution in [1.82, 2.24) is 24.6 Å². The van der Waals surface area contributed by atoms with Gasteiger partial charge in [-0.2, -0.15) is 5.10 Å². The van der Waals surface area contributed by atoms with E-state index in [4.69, 9.17) is 4.98 Å². The second kappa shape index (κ2) is 7.14. The second-order valence-electron chi connectivity index (χ2n) is 9.06. The summed E-state index contributed by atoms with van der Waals surface area (Å²) in [5.41, 5.74) is 2.74. The monoisotopic (exact) mass is 381 g/mol. The molecule has 0 N–H and O–H groups in total. The minimum atomic E-state index is 0.156. The van der Waals surface area contributed by atoms with Gasteiger partial charge in [0, 0.05) is 49.9 Å². The average Bonchev–Trinajstić information content (AvgIpc) is 3.24. The molecular weight excluding hydrogens is 350 g/mol. The first-order chi connectivity index (χ1) is 13.6. The number of amides is 1. The van der Waals surface area contributed by atoms with E-state index in [0.29, 0.717) is 5.92 Å². The number of hydrogen-bond donors (Lipinski definition) is 0. The quantitative estimate of drug-likeness (QED) is 0.812. The number of hydrogen-bond acceptors (Lipinski definition) is 4. The van der Waals surface area contributed by atoms with Crippen LogP contribution in [0.2, 0.25) is 0 Å². The molecule has 0 unspecified atom stereocenters. The van der Waals surface area contributed by atoms with Crippen molar-refractivity contribution in [2.45, 2.75) is 70.4 Å². The topological polar surface area (TPSA) is 54.3 Å². The normalized spacial score (nSPS) is 21.9. The summed E-state index contributed by atoms with van der Waals surface area (Å²) >= 11 is 0. The predicted molar refractivity (Wildman–Crippen MR) is 110 cm³/mol. The molecule has 0 bridgehead atoms. The average molecular weight is 382 g/mol. The predicted octanol–water partition coefficient (Wildman–Crippen LogP) is 3.59. The molecule has 5 rings (SSSR count). The van der Waals surface area contributed by atoms with Crippen molar-refractivity contribution in [3.05, 3.63) is 23.5 Å². The molecule has 0 radical (unpaired) electrons. The highest BCUT2D eigenvalue weighted by molar-refractivity contribution is 6.05. The van der Waals surface area contributed by atoms with Crippen molar-refractivity contribution in [2.75, 3.05) is 26.2 Å². The summed E-state index contributed by atoms with van der Waals surface area (Å²) < 4.78 is 1.95. The molecule has 0 spiro atoms. The zero-order valence-electron chi connectivity index (χ0n) is 17.1. The van der Waals surface area contributed by atoms with Crippen molar-refractivity contribution in [2.24, 2.45) is 0 Å². The number of piperazine rings is 1. The molecule has 6 nitrogen and oxygen atoms in total.